The predicted octanol–water partition coefficient (Wildman–Crippen LogP) is 2.19. The van der Waals surface area contributed by atoms with Crippen LogP contribution in [0.25, 0.3) is 11.1 Å². The maximum atomic E-state index is 12.8. The molecule has 9 nitrogen and oxygen atoms in total. The van der Waals surface area contributed by atoms with Gasteiger partial charge in [0.2, 0.25) is 6.41 Å². The molecule has 0 radical (unpaired) electrons. The zero-order valence-corrected chi connectivity index (χ0v) is 19.3. The smallest absolute Gasteiger partial charge is 0.260 e. The second kappa shape index (κ2) is 9.32. The third kappa shape index (κ3) is 4.45. The van der Waals surface area contributed by atoms with E-state index in [1.54, 1.807) is 4.90 Å². The fourth-order valence-electron chi connectivity index (χ4n) is 4.73. The van der Waals surface area contributed by atoms with Crippen molar-refractivity contribution >= 4 is 11.6 Å². The Morgan fingerprint density at radius 3 is 2.79 bits per heavy atom. The number of benzene rings is 1. The Kier molecular flexibility index (Phi) is 6.27. The van der Waals surface area contributed by atoms with Crippen molar-refractivity contribution in [2.75, 3.05) is 44.9 Å². The Labute approximate surface area is 193 Å². The van der Waals surface area contributed by atoms with E-state index < -0.39 is 6.41 Å². The summed E-state index contributed by atoms with van der Waals surface area (Å²) >= 11 is 0. The van der Waals surface area contributed by atoms with Crippen molar-refractivity contribution in [1.82, 2.24) is 14.7 Å². The topological polar surface area (TPSA) is 89.3 Å². The molecule has 1 unspecified atom stereocenters. The van der Waals surface area contributed by atoms with Gasteiger partial charge in [0.1, 0.15) is 5.75 Å². The lowest BCUT2D eigenvalue weighted by Crippen LogP contribution is -2.46. The van der Waals surface area contributed by atoms with Crippen LogP contribution in [-0.2, 0) is 20.7 Å². The first-order valence-corrected chi connectivity index (χ1v) is 11.7. The summed E-state index contributed by atoms with van der Waals surface area (Å²) in [5, 5.41) is 15.1. The van der Waals surface area contributed by atoms with Gasteiger partial charge < -0.3 is 29.1 Å². The van der Waals surface area contributed by atoms with Crippen LogP contribution in [0.4, 0.5) is 5.69 Å². The molecule has 5 rings (SSSR count). The molecule has 2 atom stereocenters. The molecular weight excluding hydrogens is 424 g/mol. The van der Waals surface area contributed by atoms with Gasteiger partial charge in [0.05, 0.1) is 25.5 Å². The number of carbonyl (C=O) groups excluding carboxylic acids is 1. The van der Waals surface area contributed by atoms with Gasteiger partial charge in [-0.15, -0.1) is 0 Å². The number of rotatable bonds is 7. The van der Waals surface area contributed by atoms with Gasteiger partial charge in [0.25, 0.3) is 5.91 Å². The zero-order chi connectivity index (χ0) is 22.9. The van der Waals surface area contributed by atoms with Gasteiger partial charge in [-0.2, -0.15) is 5.10 Å². The maximum Gasteiger partial charge on any atom is 0.260 e. The summed E-state index contributed by atoms with van der Waals surface area (Å²) in [6.07, 6.45) is 6.81. The van der Waals surface area contributed by atoms with E-state index in [4.69, 9.17) is 14.2 Å². The summed E-state index contributed by atoms with van der Waals surface area (Å²) in [5.74, 6) is 0.637. The van der Waals surface area contributed by atoms with Gasteiger partial charge in [-0.25, -0.2) is 0 Å². The quantitative estimate of drug-likeness (QED) is 0.639. The Bertz CT molecular complexity index is 999. The molecule has 9 heteroatoms. The molecule has 3 heterocycles. The van der Waals surface area contributed by atoms with Gasteiger partial charge in [0, 0.05) is 54.8 Å². The van der Waals surface area contributed by atoms with Crippen molar-refractivity contribution in [2.45, 2.75) is 51.1 Å². The largest absolute Gasteiger partial charge is 0.483 e. The van der Waals surface area contributed by atoms with Crippen LogP contribution in [0.5, 0.6) is 5.75 Å². The van der Waals surface area contributed by atoms with Crippen molar-refractivity contribution in [2.24, 2.45) is 0 Å². The number of fused-ring (bicyclic) bond motifs is 1. The highest BCUT2D eigenvalue weighted by Crippen LogP contribution is 2.44. The first-order chi connectivity index (χ1) is 16.1. The first kappa shape index (κ1) is 22.2. The molecule has 2 aromatic rings. The number of nitrogens with zero attached hydrogens (tertiary/aromatic N) is 4. The molecule has 1 saturated carbocycles. The number of morpholine rings is 1. The highest BCUT2D eigenvalue weighted by molar-refractivity contribution is 5.80. The van der Waals surface area contributed by atoms with Crippen LogP contribution < -0.4 is 9.64 Å². The van der Waals surface area contributed by atoms with E-state index >= 15 is 0 Å². The number of hydrogen-bond donors (Lipinski definition) is 1. The normalized spacial score (nSPS) is 21.6. The molecule has 1 saturated heterocycles. The minimum Gasteiger partial charge on any atom is -0.483 e. The standard InChI is InChI=1S/C24H32N4O5/c1-16-3-6-20-21(28(16)24(30)31-2)8-7-19(17-13-25-27(14-17)18-4-5-18)23(20)33-15-22(29)26-9-11-32-12-10-26/h7-8,13-14,16,18,24,30H,3-6,9-12,15H2,1-2H3/t16-,24?/m0/s1. The Morgan fingerprint density at radius 1 is 1.27 bits per heavy atom. The molecule has 1 aromatic heterocycles. The maximum absolute atomic E-state index is 12.8. The van der Waals surface area contributed by atoms with E-state index in [0.717, 1.165) is 48.1 Å². The minimum absolute atomic E-state index is 0.0391. The average molecular weight is 457 g/mol. The van der Waals surface area contributed by atoms with E-state index in [-0.39, 0.29) is 18.6 Å². The average Bonchev–Trinajstić information content (AvgIpc) is 3.58. The summed E-state index contributed by atoms with van der Waals surface area (Å²) in [7, 11) is 1.49. The number of carbonyl (C=O) groups is 1. The van der Waals surface area contributed by atoms with E-state index in [0.29, 0.717) is 38.1 Å². The van der Waals surface area contributed by atoms with Crippen LogP contribution in [0.3, 0.4) is 0 Å². The van der Waals surface area contributed by atoms with E-state index in [9.17, 15) is 9.90 Å². The summed E-state index contributed by atoms with van der Waals surface area (Å²) < 4.78 is 18.9. The lowest BCUT2D eigenvalue weighted by Gasteiger charge is -2.40. The monoisotopic (exact) mass is 456 g/mol. The summed E-state index contributed by atoms with van der Waals surface area (Å²) in [6, 6.07) is 4.60. The van der Waals surface area contributed by atoms with Gasteiger partial charge in [0.15, 0.2) is 6.61 Å². The number of ether oxygens (including phenoxy) is 3. The number of aliphatic hydroxyl groups excluding tert-OH is 1. The van der Waals surface area contributed by atoms with Crippen LogP contribution in [0.2, 0.25) is 0 Å². The SMILES string of the molecule is COC(O)N1c2ccc(-c3cnn(C4CC4)c3)c(OCC(=O)N3CCOCC3)c2CC[C@@H]1C. The van der Waals surface area contributed by atoms with E-state index in [2.05, 4.69) is 18.2 Å². The second-order valence-corrected chi connectivity index (χ2v) is 9.02. The zero-order valence-electron chi connectivity index (χ0n) is 19.3. The van der Waals surface area contributed by atoms with Crippen LogP contribution in [0.1, 0.15) is 37.8 Å². The highest BCUT2D eigenvalue weighted by Gasteiger charge is 2.32. The summed E-state index contributed by atoms with van der Waals surface area (Å²) in [4.78, 5) is 16.5. The number of aliphatic hydroxyl groups is 1. The fourth-order valence-corrected chi connectivity index (χ4v) is 4.73. The van der Waals surface area contributed by atoms with Gasteiger partial charge in [-0.1, -0.05) is 0 Å². The number of hydrogen-bond acceptors (Lipinski definition) is 7. The Hall–Kier alpha value is -2.62. The molecule has 178 valence electrons. The molecule has 0 bridgehead atoms. The van der Waals surface area contributed by atoms with E-state index in [1.807, 2.05) is 27.9 Å². The van der Waals surface area contributed by atoms with Crippen molar-refractivity contribution in [1.29, 1.82) is 0 Å². The summed E-state index contributed by atoms with van der Waals surface area (Å²) in [6.45, 7) is 4.31. The molecule has 2 fully saturated rings. The Morgan fingerprint density at radius 2 is 2.06 bits per heavy atom. The number of aromatic nitrogens is 2. The Balaban J connectivity index is 1.49. The third-order valence-electron chi connectivity index (χ3n) is 6.79. The van der Waals surface area contributed by atoms with Gasteiger partial charge >= 0.3 is 0 Å². The van der Waals surface area contributed by atoms with Crippen LogP contribution >= 0.6 is 0 Å². The first-order valence-electron chi connectivity index (χ1n) is 11.7. The molecule has 1 aliphatic carbocycles. The van der Waals surface area contributed by atoms with Gasteiger partial charge in [-0.05, 0) is 44.7 Å². The van der Waals surface area contributed by atoms with Crippen LogP contribution in [0, 0.1) is 0 Å². The fraction of sp³-hybridized carbons (Fsp3) is 0.583. The highest BCUT2D eigenvalue weighted by atomic mass is 16.6. The van der Waals surface area contributed by atoms with Crippen molar-refractivity contribution in [3.8, 4) is 16.9 Å². The molecule has 1 aromatic carbocycles. The lowest BCUT2D eigenvalue weighted by molar-refractivity contribution is -0.137. The van der Waals surface area contributed by atoms with Crippen molar-refractivity contribution < 1.29 is 24.1 Å². The minimum atomic E-state index is -1.05. The molecule has 0 spiro atoms. The molecule has 1 N–H and O–H groups in total. The number of anilines is 1. The van der Waals surface area contributed by atoms with Crippen LogP contribution in [0.15, 0.2) is 24.5 Å². The second-order valence-electron chi connectivity index (χ2n) is 9.02. The lowest BCUT2D eigenvalue weighted by atomic mass is 9.92. The molecule has 2 aliphatic heterocycles. The predicted molar refractivity (Wildman–Crippen MR) is 122 cm³/mol. The molecule has 1 amide bonds. The van der Waals surface area contributed by atoms with Crippen molar-refractivity contribution in [3.63, 3.8) is 0 Å². The molecule has 3 aliphatic rings. The van der Waals surface area contributed by atoms with E-state index in [1.165, 1.54) is 7.11 Å². The third-order valence-corrected chi connectivity index (χ3v) is 6.79. The number of amides is 1. The van der Waals surface area contributed by atoms with Gasteiger partial charge in [-0.3, -0.25) is 9.48 Å². The van der Waals surface area contributed by atoms with Crippen molar-refractivity contribution in [3.05, 3.63) is 30.1 Å². The summed E-state index contributed by atoms with van der Waals surface area (Å²) in [5.41, 5.74) is 3.73. The molecule has 33 heavy (non-hydrogen) atoms. The van der Waals surface area contributed by atoms with Crippen LogP contribution in [-0.4, -0.2) is 78.2 Å². The molecular formula is C24H32N4O5. The number of methoxy groups -OCH3 is 1.